The minimum Gasteiger partial charge on any atom is -0.535 e. The van der Waals surface area contributed by atoms with Crippen molar-refractivity contribution in [1.82, 2.24) is 0 Å². The van der Waals surface area contributed by atoms with Crippen molar-refractivity contribution in [2.45, 2.75) is 13.3 Å². The van der Waals surface area contributed by atoms with E-state index in [1.807, 2.05) is 31.2 Å². The van der Waals surface area contributed by atoms with Gasteiger partial charge in [-0.3, -0.25) is 0 Å². The van der Waals surface area contributed by atoms with Crippen molar-refractivity contribution >= 4 is 18.7 Å². The molecule has 1 N–H and O–H groups in total. The zero-order valence-corrected chi connectivity index (χ0v) is 7.86. The summed E-state index contributed by atoms with van der Waals surface area (Å²) >= 11 is 0. The fraction of sp³-hybridized carbons (Fsp3) is 0.200. The molecule has 0 saturated carbocycles. The Kier molecular flexibility index (Phi) is 2.46. The van der Waals surface area contributed by atoms with Gasteiger partial charge in [0.15, 0.2) is 5.75 Å². The smallest absolute Gasteiger partial charge is 0.535 e. The van der Waals surface area contributed by atoms with Gasteiger partial charge in [-0.1, -0.05) is 19.1 Å². The second-order valence-corrected chi connectivity index (χ2v) is 2.93. The molecule has 0 atom stereocenters. The quantitative estimate of drug-likeness (QED) is 0.749. The highest BCUT2D eigenvalue weighted by molar-refractivity contribution is 6.18. The van der Waals surface area contributed by atoms with Crippen LogP contribution in [0.3, 0.4) is 0 Å². The van der Waals surface area contributed by atoms with Gasteiger partial charge in [0.05, 0.1) is 5.39 Å². The molecule has 0 aliphatic heterocycles. The van der Waals surface area contributed by atoms with Crippen LogP contribution < -0.4 is 4.65 Å². The van der Waals surface area contributed by atoms with Crippen molar-refractivity contribution in [2.24, 2.45) is 0 Å². The number of fused-ring (bicyclic) bond motifs is 1. The Morgan fingerprint density at radius 1 is 1.43 bits per heavy atom. The molecule has 1 heterocycles. The van der Waals surface area contributed by atoms with E-state index in [4.69, 9.17) is 14.1 Å². The van der Waals surface area contributed by atoms with Crippen LogP contribution in [0, 0.1) is 0 Å². The van der Waals surface area contributed by atoms with Crippen LogP contribution in [0.5, 0.6) is 5.75 Å². The third-order valence-electron chi connectivity index (χ3n) is 2.11. The molecule has 1 aromatic heterocycles. The number of hydrogen-bond acceptors (Lipinski definition) is 3. The molecule has 3 nitrogen and oxygen atoms in total. The zero-order valence-electron chi connectivity index (χ0n) is 7.86. The molecular weight excluding hydrogens is 179 g/mol. The molecule has 0 spiro atoms. The summed E-state index contributed by atoms with van der Waals surface area (Å²) in [5.41, 5.74) is 0.779. The van der Waals surface area contributed by atoms with Crippen LogP contribution in [-0.2, 0) is 6.42 Å². The Balaban J connectivity index is 2.61. The largest absolute Gasteiger partial charge is 0.569 e. The molecule has 0 fully saturated rings. The van der Waals surface area contributed by atoms with Crippen molar-refractivity contribution in [3.05, 3.63) is 30.0 Å². The normalized spacial score (nSPS) is 10.4. The molecule has 0 aliphatic carbocycles. The summed E-state index contributed by atoms with van der Waals surface area (Å²) in [5, 5.41) is 9.51. The lowest BCUT2D eigenvalue weighted by Gasteiger charge is -1.99. The Morgan fingerprint density at radius 3 is 2.93 bits per heavy atom. The molecule has 2 rings (SSSR count). The van der Waals surface area contributed by atoms with E-state index in [1.165, 1.54) is 0 Å². The second kappa shape index (κ2) is 3.76. The molecule has 0 aliphatic rings. The van der Waals surface area contributed by atoms with Crippen molar-refractivity contribution in [3.63, 3.8) is 0 Å². The summed E-state index contributed by atoms with van der Waals surface area (Å²) in [7, 11) is 0.677. The van der Waals surface area contributed by atoms with Gasteiger partial charge in [-0.2, -0.15) is 0 Å². The molecule has 1 aromatic carbocycles. The van der Waals surface area contributed by atoms with Crippen LogP contribution in [0.25, 0.3) is 11.0 Å². The Bertz CT molecular complexity index is 436. The molecule has 0 unspecified atom stereocenters. The standard InChI is InChI=1S/C10H10BO3/c1-2-8-10(14-11-12)7-5-3-4-6-9(7)13-8/h3-6,12H,2H2,1H3. The van der Waals surface area contributed by atoms with Gasteiger partial charge in [-0.25, -0.2) is 0 Å². The highest BCUT2D eigenvalue weighted by atomic mass is 16.5. The van der Waals surface area contributed by atoms with E-state index >= 15 is 0 Å². The summed E-state index contributed by atoms with van der Waals surface area (Å²) in [6, 6.07) is 7.58. The van der Waals surface area contributed by atoms with E-state index < -0.39 is 0 Å². The van der Waals surface area contributed by atoms with Crippen molar-refractivity contribution in [3.8, 4) is 5.75 Å². The molecule has 1 radical (unpaired) electrons. The fourth-order valence-corrected chi connectivity index (χ4v) is 1.49. The molecule has 71 valence electrons. The van der Waals surface area contributed by atoms with Gasteiger partial charge < -0.3 is 14.1 Å². The monoisotopic (exact) mass is 189 g/mol. The van der Waals surface area contributed by atoms with Gasteiger partial charge in [-0.15, -0.1) is 0 Å². The predicted octanol–water partition coefficient (Wildman–Crippen LogP) is 1.90. The maximum absolute atomic E-state index is 8.63. The first-order valence-corrected chi connectivity index (χ1v) is 4.49. The van der Waals surface area contributed by atoms with Crippen LogP contribution in [0.15, 0.2) is 28.7 Å². The van der Waals surface area contributed by atoms with Crippen LogP contribution in [-0.4, -0.2) is 12.7 Å². The van der Waals surface area contributed by atoms with Gasteiger partial charge in [0.2, 0.25) is 0 Å². The van der Waals surface area contributed by atoms with Gasteiger partial charge in [0.25, 0.3) is 0 Å². The first kappa shape index (κ1) is 9.15. The van der Waals surface area contributed by atoms with Crippen LogP contribution in [0.1, 0.15) is 12.7 Å². The van der Waals surface area contributed by atoms with E-state index in [1.54, 1.807) is 0 Å². The Morgan fingerprint density at radius 2 is 2.21 bits per heavy atom. The number of rotatable bonds is 3. The Hall–Kier alpha value is -1.42. The highest BCUT2D eigenvalue weighted by Crippen LogP contribution is 2.32. The third-order valence-corrected chi connectivity index (χ3v) is 2.11. The minimum absolute atomic E-state index is 0.602. The second-order valence-electron chi connectivity index (χ2n) is 2.93. The Labute approximate surface area is 82.6 Å². The van der Waals surface area contributed by atoms with Crippen LogP contribution >= 0.6 is 0 Å². The number of furan rings is 1. The number of benzene rings is 1. The first-order chi connectivity index (χ1) is 6.86. The molecule has 0 bridgehead atoms. The summed E-state index contributed by atoms with van der Waals surface area (Å²) in [6.07, 6.45) is 0.734. The molecule has 0 saturated heterocycles. The average molecular weight is 189 g/mol. The molecule has 14 heavy (non-hydrogen) atoms. The summed E-state index contributed by atoms with van der Waals surface area (Å²) < 4.78 is 10.6. The molecule has 4 heteroatoms. The number of aryl methyl sites for hydroxylation is 1. The summed E-state index contributed by atoms with van der Waals surface area (Å²) in [6.45, 7) is 1.97. The lowest BCUT2D eigenvalue weighted by molar-refractivity contribution is 0.438. The minimum atomic E-state index is 0.602. The lowest BCUT2D eigenvalue weighted by atomic mass is 10.2. The topological polar surface area (TPSA) is 42.6 Å². The van der Waals surface area contributed by atoms with E-state index in [0.29, 0.717) is 13.4 Å². The van der Waals surface area contributed by atoms with Gasteiger partial charge in [-0.05, 0) is 12.1 Å². The van der Waals surface area contributed by atoms with E-state index in [-0.39, 0.29) is 0 Å². The van der Waals surface area contributed by atoms with Gasteiger partial charge in [0.1, 0.15) is 11.3 Å². The van der Waals surface area contributed by atoms with Crippen molar-refractivity contribution in [2.75, 3.05) is 0 Å². The zero-order chi connectivity index (χ0) is 9.97. The van der Waals surface area contributed by atoms with Crippen LogP contribution in [0.2, 0.25) is 0 Å². The van der Waals surface area contributed by atoms with Crippen LogP contribution in [0.4, 0.5) is 0 Å². The lowest BCUT2D eigenvalue weighted by Crippen LogP contribution is -2.00. The van der Waals surface area contributed by atoms with E-state index in [0.717, 1.165) is 23.2 Å². The molecule has 2 aromatic rings. The molecule has 0 amide bonds. The highest BCUT2D eigenvalue weighted by Gasteiger charge is 2.13. The van der Waals surface area contributed by atoms with E-state index in [2.05, 4.69) is 0 Å². The summed E-state index contributed by atoms with van der Waals surface area (Å²) in [5.74, 6) is 1.35. The average Bonchev–Trinajstić information content (AvgIpc) is 2.58. The SMILES string of the molecule is CCc1oc2ccccc2c1O[B]O. The maximum Gasteiger partial charge on any atom is 0.569 e. The predicted molar refractivity (Wildman–Crippen MR) is 54.2 cm³/mol. The van der Waals surface area contributed by atoms with Gasteiger partial charge in [0, 0.05) is 6.42 Å². The summed E-state index contributed by atoms with van der Waals surface area (Å²) in [4.78, 5) is 0. The van der Waals surface area contributed by atoms with Crippen molar-refractivity contribution in [1.29, 1.82) is 0 Å². The maximum atomic E-state index is 8.63. The van der Waals surface area contributed by atoms with Crippen molar-refractivity contribution < 1.29 is 14.1 Å². The van der Waals surface area contributed by atoms with E-state index in [9.17, 15) is 0 Å². The number of para-hydroxylation sites is 1. The third kappa shape index (κ3) is 1.38. The molecular formula is C10H10BO3. The first-order valence-electron chi connectivity index (χ1n) is 4.49. The number of hydrogen-bond donors (Lipinski definition) is 1. The fourth-order valence-electron chi connectivity index (χ4n) is 1.49. The van der Waals surface area contributed by atoms with Gasteiger partial charge >= 0.3 is 7.69 Å².